The van der Waals surface area contributed by atoms with Crippen LogP contribution in [-0.4, -0.2) is 41.3 Å². The second kappa shape index (κ2) is 43.9. The number of esters is 3. The van der Waals surface area contributed by atoms with Gasteiger partial charge in [0.2, 0.25) is 0 Å². The van der Waals surface area contributed by atoms with Crippen LogP contribution >= 0.6 is 21.6 Å². The fourth-order valence-electron chi connectivity index (χ4n) is 9.05. The molecule has 0 bridgehead atoms. The summed E-state index contributed by atoms with van der Waals surface area (Å²) in [6.45, 7) is 6.47. The van der Waals surface area contributed by atoms with E-state index in [1.165, 1.54) is 61.8 Å². The maximum Gasteiger partial charge on any atom is 0.330 e. The predicted molar refractivity (Wildman–Crippen MR) is 383 cm³/mol. The van der Waals surface area contributed by atoms with Crippen LogP contribution in [0.2, 0.25) is 0 Å². The molecule has 0 spiro atoms. The van der Waals surface area contributed by atoms with Crippen molar-refractivity contribution < 1.29 is 46.6 Å². The highest BCUT2D eigenvalue weighted by atomic mass is 33.1. The zero-order valence-corrected chi connectivity index (χ0v) is 55.9. The topological polar surface area (TPSA) is 210 Å². The molecule has 1 aliphatic heterocycles. The van der Waals surface area contributed by atoms with Gasteiger partial charge in [-0.15, -0.1) is 0 Å². The fourth-order valence-corrected chi connectivity index (χ4v) is 12.3. The molecule has 13 nitrogen and oxygen atoms in total. The van der Waals surface area contributed by atoms with Crippen molar-refractivity contribution in [1.29, 1.82) is 0 Å². The number of carbonyl (C=O) groups is 4. The van der Waals surface area contributed by atoms with E-state index < -0.39 is 5.97 Å². The van der Waals surface area contributed by atoms with E-state index in [0.29, 0.717) is 59.8 Å². The molecule has 94 heavy (non-hydrogen) atoms. The van der Waals surface area contributed by atoms with Crippen molar-refractivity contribution in [2.75, 3.05) is 46.0 Å². The lowest BCUT2D eigenvalue weighted by Crippen LogP contribution is -2.15. The molecular formula is C76H91F3N6O7S2. The van der Waals surface area contributed by atoms with Gasteiger partial charge in [0.25, 0.3) is 0 Å². The number of rotatable bonds is 35. The summed E-state index contributed by atoms with van der Waals surface area (Å²) >= 11 is 0. The number of unbranched alkanes of at least 4 members (excludes halogenated alkanes) is 2. The molecule has 1 fully saturated rings. The minimum absolute atomic E-state index is 0.0948. The number of nitrogens with two attached hydrogens (primary N) is 3. The number of nitrogen functional groups attached to an aromatic ring is 3. The monoisotopic (exact) mass is 1320 g/mol. The van der Waals surface area contributed by atoms with Gasteiger partial charge in [0, 0.05) is 101 Å². The summed E-state index contributed by atoms with van der Waals surface area (Å²) in [4.78, 5) is 46.9. The Labute approximate surface area is 561 Å². The molecule has 1 aliphatic rings. The third-order valence-corrected chi connectivity index (χ3v) is 18.0. The average Bonchev–Trinajstić information content (AvgIpc) is 1.30. The number of hydrogen-bond donors (Lipinski definition) is 6. The first-order valence-electron chi connectivity index (χ1n) is 31.8. The summed E-state index contributed by atoms with van der Waals surface area (Å²) in [6, 6.07) is 35.4. The summed E-state index contributed by atoms with van der Waals surface area (Å²) in [5, 5.41) is 9.71. The molecule has 0 unspecified atom stereocenters. The Morgan fingerprint density at radius 3 is 1.32 bits per heavy atom. The van der Waals surface area contributed by atoms with Crippen LogP contribution in [0.1, 0.15) is 131 Å². The number of nitrogens with one attached hydrogen (secondary N) is 3. The standard InChI is InChI=1S/C34H43FN2O2.C23H29FN2O2S2.C19H19FN2O3/c1-2-3-4-5-6-7-8-9-10-11-12-13-14-15-16-17-18-19-34(38)39-28-30-22-25-32(26-33(30)36)37-27-29-20-23-31(35)24-21-29;1-23(12-13-29-30-23)11-3-2-4-22(27)28-16-18-7-10-20(14-21(18)25)26-15-17-5-8-19(24)9-6-17;1-25-19(24)9-8-17(23)10-14-4-7-16(11-18(14)21)22-12-13-2-5-15(20)6-3-13/h3-4,6-7,9-10,12-13,15-16,20-26,37H,2,5,8,11,14,17-19,27-28,36H2,1H3;5-10,14,26H,2-4,11-13,15-16,25H2,1H3;2-9,11,22H,10,12,21H2,1H3/b4-3-,7-6-,10-9-,13-12-,16-15-;;9-8+/t;23-;/m.1./s1. The molecule has 1 atom stereocenters. The van der Waals surface area contributed by atoms with Gasteiger partial charge >= 0.3 is 17.9 Å². The van der Waals surface area contributed by atoms with Gasteiger partial charge in [-0.1, -0.05) is 150 Å². The van der Waals surface area contributed by atoms with Crippen LogP contribution < -0.4 is 33.2 Å². The predicted octanol–water partition coefficient (Wildman–Crippen LogP) is 18.0. The number of methoxy groups -OCH3 is 1. The van der Waals surface area contributed by atoms with E-state index in [-0.39, 0.29) is 54.8 Å². The quantitative estimate of drug-likeness (QED) is 0.00416. The summed E-state index contributed by atoms with van der Waals surface area (Å²) < 4.78 is 54.5. The first-order chi connectivity index (χ1) is 45.5. The minimum atomic E-state index is -0.582. The Morgan fingerprint density at radius 2 is 0.926 bits per heavy atom. The van der Waals surface area contributed by atoms with Crippen molar-refractivity contribution in [3.05, 3.63) is 251 Å². The van der Waals surface area contributed by atoms with Gasteiger partial charge < -0.3 is 47.4 Å². The van der Waals surface area contributed by atoms with Crippen molar-refractivity contribution in [2.24, 2.45) is 0 Å². The summed E-state index contributed by atoms with van der Waals surface area (Å²) in [6.07, 6.45) is 35.8. The van der Waals surface area contributed by atoms with E-state index >= 15 is 0 Å². The highest BCUT2D eigenvalue weighted by Crippen LogP contribution is 2.49. The largest absolute Gasteiger partial charge is 0.466 e. The zero-order chi connectivity index (χ0) is 67.6. The van der Waals surface area contributed by atoms with Crippen molar-refractivity contribution in [3.63, 3.8) is 0 Å². The molecule has 0 aromatic heterocycles. The summed E-state index contributed by atoms with van der Waals surface area (Å²) in [5.74, 6) is -0.773. The maximum atomic E-state index is 13.0. The lowest BCUT2D eigenvalue weighted by molar-refractivity contribution is -0.146. The van der Waals surface area contributed by atoms with Crippen molar-refractivity contribution in [2.45, 2.75) is 141 Å². The van der Waals surface area contributed by atoms with Gasteiger partial charge in [-0.2, -0.15) is 0 Å². The molecule has 7 rings (SSSR count). The molecule has 18 heteroatoms. The Balaban J connectivity index is 0.000000262. The number of halogens is 3. The van der Waals surface area contributed by atoms with Gasteiger partial charge in [-0.05, 0) is 172 Å². The Hall–Kier alpha value is -8.87. The number of benzene rings is 6. The van der Waals surface area contributed by atoms with Gasteiger partial charge in [0.1, 0.15) is 30.7 Å². The highest BCUT2D eigenvalue weighted by Gasteiger charge is 2.29. The van der Waals surface area contributed by atoms with Crippen LogP contribution in [0.4, 0.5) is 47.3 Å². The number of hydrogen-bond acceptors (Lipinski definition) is 15. The zero-order valence-electron chi connectivity index (χ0n) is 54.2. The van der Waals surface area contributed by atoms with E-state index in [4.69, 9.17) is 26.7 Å². The molecule has 0 amide bonds. The lowest BCUT2D eigenvalue weighted by atomic mass is 9.99. The van der Waals surface area contributed by atoms with Crippen molar-refractivity contribution >= 4 is 79.4 Å². The first kappa shape index (κ1) is 75.8. The molecule has 0 aliphatic carbocycles. The molecule has 1 heterocycles. The molecule has 0 radical (unpaired) electrons. The number of ether oxygens (including phenoxy) is 3. The Kier molecular flexibility index (Phi) is 35.4. The number of allylic oxidation sites excluding steroid dienone is 11. The van der Waals surface area contributed by atoms with E-state index in [2.05, 4.69) is 95.3 Å². The molecule has 0 saturated carbocycles. The van der Waals surface area contributed by atoms with Crippen LogP contribution in [-0.2, 0) is 72.7 Å². The normalized spacial score (nSPS) is 13.7. The molecule has 1 saturated heterocycles. The lowest BCUT2D eigenvalue weighted by Gasteiger charge is -2.20. The van der Waals surface area contributed by atoms with Gasteiger partial charge in [0.15, 0.2) is 5.78 Å². The van der Waals surface area contributed by atoms with E-state index in [1.54, 1.807) is 48.5 Å². The second-order valence-electron chi connectivity index (χ2n) is 22.4. The second-order valence-corrected chi connectivity index (χ2v) is 25.4. The van der Waals surface area contributed by atoms with Crippen LogP contribution in [0.5, 0.6) is 0 Å². The Bertz CT molecular complexity index is 3460. The van der Waals surface area contributed by atoms with Gasteiger partial charge in [-0.25, -0.2) is 18.0 Å². The van der Waals surface area contributed by atoms with E-state index in [1.807, 2.05) is 64.1 Å². The van der Waals surface area contributed by atoms with Gasteiger partial charge in [0.05, 0.1) is 7.11 Å². The van der Waals surface area contributed by atoms with Crippen molar-refractivity contribution in [3.8, 4) is 0 Å². The molecular weight excluding hydrogens is 1230 g/mol. The number of anilines is 6. The van der Waals surface area contributed by atoms with Crippen LogP contribution in [0.25, 0.3) is 0 Å². The maximum absolute atomic E-state index is 13.0. The summed E-state index contributed by atoms with van der Waals surface area (Å²) in [5.41, 5.74) is 27.5. The Morgan fingerprint density at radius 1 is 0.521 bits per heavy atom. The molecule has 500 valence electrons. The number of carbonyl (C=O) groups excluding carboxylic acids is 4. The van der Waals surface area contributed by atoms with E-state index in [9.17, 15) is 32.3 Å². The highest BCUT2D eigenvalue weighted by molar-refractivity contribution is 8.77. The molecule has 6 aromatic rings. The fraction of sp³-hybridized carbons (Fsp3) is 0.316. The van der Waals surface area contributed by atoms with Crippen LogP contribution in [0.3, 0.4) is 0 Å². The van der Waals surface area contributed by atoms with E-state index in [0.717, 1.165) is 115 Å². The molecule has 6 aromatic carbocycles. The summed E-state index contributed by atoms with van der Waals surface area (Å²) in [7, 11) is 5.18. The van der Waals surface area contributed by atoms with Crippen molar-refractivity contribution in [1.82, 2.24) is 0 Å². The van der Waals surface area contributed by atoms with Crippen LogP contribution in [0.15, 0.2) is 200 Å². The SMILES string of the molecule is CC/C=C\C/C=C\C/C=C\C/C=C\C/C=C\CCCC(=O)OCc1ccc(NCc2ccc(F)cc2)cc1N.COC(=O)/C=C/C(=O)Cc1ccc(NCc2ccc(F)cc2)cc1N.C[C@@]1(CCCCC(=O)OCc2ccc(NCc3ccc(F)cc3)cc2N)CCSS1. The minimum Gasteiger partial charge on any atom is -0.466 e. The third-order valence-electron chi connectivity index (χ3n) is 14.6. The first-order valence-corrected chi connectivity index (χ1v) is 34.1. The average molecular weight is 1320 g/mol. The third kappa shape index (κ3) is 32.1. The number of ketones is 1. The van der Waals surface area contributed by atoms with Crippen LogP contribution in [0, 0.1) is 17.5 Å². The van der Waals surface area contributed by atoms with Gasteiger partial charge in [-0.3, -0.25) is 14.4 Å². The smallest absolute Gasteiger partial charge is 0.330 e. The molecule has 9 N–H and O–H groups in total.